The van der Waals surface area contributed by atoms with Crippen molar-refractivity contribution in [3.63, 3.8) is 0 Å². The van der Waals surface area contributed by atoms with Gasteiger partial charge in [0.15, 0.2) is 0 Å². The van der Waals surface area contributed by atoms with E-state index in [0.29, 0.717) is 0 Å². The van der Waals surface area contributed by atoms with Crippen LogP contribution in [0.2, 0.25) is 0 Å². The lowest BCUT2D eigenvalue weighted by atomic mass is 10.1. The molecule has 1 nitrogen and oxygen atoms in total. The van der Waals surface area contributed by atoms with Gasteiger partial charge in [-0.3, -0.25) is 0 Å². The van der Waals surface area contributed by atoms with Gasteiger partial charge in [-0.25, -0.2) is 0 Å². The molecule has 16 heavy (non-hydrogen) atoms. The number of hydrogen-bond acceptors (Lipinski definition) is 1. The molecule has 0 atom stereocenters. The average molecular weight is 291 g/mol. The van der Waals surface area contributed by atoms with Crippen molar-refractivity contribution in [1.82, 2.24) is 0 Å². The largest absolute Gasteiger partial charge is 0.396 e. The number of halogens is 1. The van der Waals surface area contributed by atoms with Gasteiger partial charge in [0, 0.05) is 13.0 Å². The lowest BCUT2D eigenvalue weighted by Crippen LogP contribution is -1.82. The van der Waals surface area contributed by atoms with Gasteiger partial charge in [-0.2, -0.15) is 0 Å². The van der Waals surface area contributed by atoms with Gasteiger partial charge >= 0.3 is 0 Å². The van der Waals surface area contributed by atoms with Crippen molar-refractivity contribution in [2.24, 2.45) is 0 Å². The second-order valence-corrected chi connectivity index (χ2v) is 5.41. The molecule has 0 saturated heterocycles. The Morgan fingerprint density at radius 2 is 1.56 bits per heavy atom. The minimum atomic E-state index is 0.245. The third-order valence-electron chi connectivity index (χ3n) is 2.77. The third-order valence-corrected chi connectivity index (χ3v) is 3.49. The number of aliphatic hydroxyl groups is 1. The zero-order valence-corrected chi connectivity index (χ0v) is 12.3. The van der Waals surface area contributed by atoms with Crippen molar-refractivity contribution < 1.29 is 5.11 Å². The first-order valence-corrected chi connectivity index (χ1v) is 7.56. The second-order valence-electron chi connectivity index (χ2n) is 4.39. The van der Waals surface area contributed by atoms with Crippen molar-refractivity contribution in [3.8, 4) is 0 Å². The molecular weight excluding hydrogens is 264 g/mol. The van der Waals surface area contributed by atoms with E-state index in [0.717, 1.165) is 17.3 Å². The van der Waals surface area contributed by atoms with Crippen molar-refractivity contribution in [2.75, 3.05) is 6.61 Å². The summed E-state index contributed by atoms with van der Waals surface area (Å²) in [5, 5.41) is 8.71. The van der Waals surface area contributed by atoms with E-state index in [9.17, 15) is 0 Å². The Morgan fingerprint density at radius 1 is 1.00 bits per heavy atom. The molecule has 0 heterocycles. The molecule has 2 heteroatoms. The highest BCUT2D eigenvalue weighted by Crippen LogP contribution is 2.14. The van der Waals surface area contributed by atoms with Crippen LogP contribution >= 0.6 is 15.9 Å². The summed E-state index contributed by atoms with van der Waals surface area (Å²) in [6, 6.07) is 0. The number of unbranched alkanes of at least 4 members (excludes halogenated alkanes) is 8. The maximum Gasteiger partial charge on any atom is 0.0476 e. The lowest BCUT2D eigenvalue weighted by molar-refractivity contribution is 0.302. The number of allylic oxidation sites excluding steroid dienone is 1. The molecule has 0 bridgehead atoms. The summed E-state index contributed by atoms with van der Waals surface area (Å²) in [6.07, 6.45) is 15.1. The van der Waals surface area contributed by atoms with Crippen LogP contribution in [0.25, 0.3) is 0 Å². The molecule has 0 aromatic carbocycles. The van der Waals surface area contributed by atoms with Gasteiger partial charge in [0.1, 0.15) is 0 Å². The molecule has 0 aromatic heterocycles. The fourth-order valence-corrected chi connectivity index (χ4v) is 2.15. The second kappa shape index (κ2) is 13.2. The molecule has 1 N–H and O–H groups in total. The smallest absolute Gasteiger partial charge is 0.0476 e. The Bertz CT molecular complexity index is 166. The Hall–Kier alpha value is 0.180. The van der Waals surface area contributed by atoms with Crippen LogP contribution in [0.3, 0.4) is 0 Å². The van der Waals surface area contributed by atoms with E-state index in [2.05, 4.69) is 28.9 Å². The van der Waals surface area contributed by atoms with Crippen LogP contribution in [0, 0.1) is 0 Å². The minimum Gasteiger partial charge on any atom is -0.396 e. The van der Waals surface area contributed by atoms with E-state index in [1.807, 2.05) is 0 Å². The highest BCUT2D eigenvalue weighted by molar-refractivity contribution is 9.11. The first-order valence-electron chi connectivity index (χ1n) is 6.76. The predicted molar refractivity (Wildman–Crippen MR) is 75.9 cm³/mol. The van der Waals surface area contributed by atoms with E-state index in [1.165, 1.54) is 51.4 Å². The van der Waals surface area contributed by atoms with Gasteiger partial charge in [0.2, 0.25) is 0 Å². The van der Waals surface area contributed by atoms with Crippen LogP contribution in [0.5, 0.6) is 0 Å². The van der Waals surface area contributed by atoms with Gasteiger partial charge in [0.25, 0.3) is 0 Å². The Balaban J connectivity index is 3.12. The highest BCUT2D eigenvalue weighted by Gasteiger charge is 1.92. The summed E-state index contributed by atoms with van der Waals surface area (Å²) in [5.41, 5.74) is 0. The van der Waals surface area contributed by atoms with Crippen molar-refractivity contribution in [3.05, 3.63) is 10.6 Å². The molecule has 0 aliphatic rings. The van der Waals surface area contributed by atoms with E-state index in [4.69, 9.17) is 5.11 Å². The molecule has 0 unspecified atom stereocenters. The topological polar surface area (TPSA) is 20.2 Å². The van der Waals surface area contributed by atoms with Gasteiger partial charge in [0.05, 0.1) is 0 Å². The standard InChI is InChI=1S/C14H27BrO/c1-2-3-4-5-6-7-8-9-10-11-14(15)12-13-16/h11,16H,2-10,12-13H2,1H3/b14-11-. The van der Waals surface area contributed by atoms with Crippen LogP contribution in [-0.2, 0) is 0 Å². The monoisotopic (exact) mass is 290 g/mol. The third kappa shape index (κ3) is 12.3. The van der Waals surface area contributed by atoms with Gasteiger partial charge < -0.3 is 5.11 Å². The summed E-state index contributed by atoms with van der Waals surface area (Å²) in [4.78, 5) is 0. The van der Waals surface area contributed by atoms with Crippen molar-refractivity contribution in [2.45, 2.75) is 71.1 Å². The molecule has 0 radical (unpaired) electrons. The van der Waals surface area contributed by atoms with Crippen LogP contribution < -0.4 is 0 Å². The maximum atomic E-state index is 8.71. The first-order chi connectivity index (χ1) is 7.81. The summed E-state index contributed by atoms with van der Waals surface area (Å²) >= 11 is 3.45. The molecule has 0 aliphatic carbocycles. The van der Waals surface area contributed by atoms with Crippen LogP contribution in [-0.4, -0.2) is 11.7 Å². The van der Waals surface area contributed by atoms with E-state index in [1.54, 1.807) is 0 Å². The summed E-state index contributed by atoms with van der Waals surface area (Å²) < 4.78 is 1.15. The fourth-order valence-electron chi connectivity index (χ4n) is 1.75. The quantitative estimate of drug-likeness (QED) is 0.520. The lowest BCUT2D eigenvalue weighted by Gasteiger charge is -2.00. The Labute approximate surface area is 109 Å². The molecular formula is C14H27BrO. The Morgan fingerprint density at radius 3 is 2.12 bits per heavy atom. The molecule has 0 aromatic rings. The zero-order chi connectivity index (χ0) is 12.1. The normalized spacial score (nSPS) is 12.1. The molecule has 0 spiro atoms. The van der Waals surface area contributed by atoms with Crippen LogP contribution in [0.1, 0.15) is 71.1 Å². The average Bonchev–Trinajstić information content (AvgIpc) is 2.27. The molecule has 0 rings (SSSR count). The molecule has 96 valence electrons. The molecule has 0 amide bonds. The van der Waals surface area contributed by atoms with E-state index >= 15 is 0 Å². The highest BCUT2D eigenvalue weighted by atomic mass is 79.9. The van der Waals surface area contributed by atoms with Crippen molar-refractivity contribution in [1.29, 1.82) is 0 Å². The summed E-state index contributed by atoms with van der Waals surface area (Å²) in [7, 11) is 0. The van der Waals surface area contributed by atoms with E-state index < -0.39 is 0 Å². The summed E-state index contributed by atoms with van der Waals surface area (Å²) in [6.45, 7) is 2.51. The number of aliphatic hydroxyl groups excluding tert-OH is 1. The molecule has 0 saturated carbocycles. The SMILES string of the molecule is CCCCCCCCCC/C=C(\Br)CCO. The molecule has 0 fully saturated rings. The number of hydrogen-bond donors (Lipinski definition) is 1. The van der Waals surface area contributed by atoms with Gasteiger partial charge in [-0.05, 0) is 17.3 Å². The fraction of sp³-hybridized carbons (Fsp3) is 0.857. The Kier molecular flexibility index (Phi) is 13.4. The predicted octanol–water partition coefficient (Wildman–Crippen LogP) is 5.18. The maximum absolute atomic E-state index is 8.71. The summed E-state index contributed by atoms with van der Waals surface area (Å²) in [5.74, 6) is 0. The van der Waals surface area contributed by atoms with Crippen molar-refractivity contribution >= 4 is 15.9 Å². The zero-order valence-electron chi connectivity index (χ0n) is 10.7. The van der Waals surface area contributed by atoms with Gasteiger partial charge in [-0.15, -0.1) is 0 Å². The minimum absolute atomic E-state index is 0.245. The first kappa shape index (κ1) is 16.2. The number of rotatable bonds is 11. The van der Waals surface area contributed by atoms with E-state index in [-0.39, 0.29) is 6.61 Å². The van der Waals surface area contributed by atoms with Crippen LogP contribution in [0.4, 0.5) is 0 Å². The van der Waals surface area contributed by atoms with Gasteiger partial charge in [-0.1, -0.05) is 73.9 Å². The van der Waals surface area contributed by atoms with Crippen LogP contribution in [0.15, 0.2) is 10.6 Å². The molecule has 0 aliphatic heterocycles.